The Labute approximate surface area is 146 Å². The number of carbonyl (C=O) groups is 1. The SMILES string of the molecule is C=C[C@H](C)[C@H](O)[C@H](C)[C@H](OC)[C@@H](C)/C=C(\C)[C@H]1OC(=O)CC[C@H]1C. The Bertz CT molecular complexity index is 457. The predicted molar refractivity (Wildman–Crippen MR) is 96.5 cm³/mol. The second-order valence-electron chi connectivity index (χ2n) is 7.34. The van der Waals surface area contributed by atoms with Crippen molar-refractivity contribution in [2.24, 2.45) is 23.7 Å². The molecular formula is C20H34O4. The van der Waals surface area contributed by atoms with E-state index in [4.69, 9.17) is 9.47 Å². The van der Waals surface area contributed by atoms with Crippen molar-refractivity contribution in [2.45, 2.75) is 65.8 Å². The molecule has 138 valence electrons. The van der Waals surface area contributed by atoms with Crippen molar-refractivity contribution < 1.29 is 19.4 Å². The molecule has 0 radical (unpaired) electrons. The fourth-order valence-electron chi connectivity index (χ4n) is 3.68. The molecule has 0 spiro atoms. The second-order valence-corrected chi connectivity index (χ2v) is 7.34. The smallest absolute Gasteiger partial charge is 0.306 e. The number of hydrogen-bond acceptors (Lipinski definition) is 4. The van der Waals surface area contributed by atoms with E-state index in [1.165, 1.54) is 0 Å². The lowest BCUT2D eigenvalue weighted by Crippen LogP contribution is -2.38. The van der Waals surface area contributed by atoms with Gasteiger partial charge in [-0.2, -0.15) is 0 Å². The lowest BCUT2D eigenvalue weighted by molar-refractivity contribution is -0.154. The van der Waals surface area contributed by atoms with Crippen LogP contribution in [0.2, 0.25) is 0 Å². The van der Waals surface area contributed by atoms with Gasteiger partial charge >= 0.3 is 5.97 Å². The lowest BCUT2D eigenvalue weighted by atomic mass is 9.82. The highest BCUT2D eigenvalue weighted by Crippen LogP contribution is 2.30. The molecule has 0 aromatic carbocycles. The molecule has 0 aromatic heterocycles. The molecule has 24 heavy (non-hydrogen) atoms. The standard InChI is InChI=1S/C20H34O4/c1-8-12(2)18(22)16(6)20(23-7)15(5)11-14(4)19-13(3)9-10-17(21)24-19/h8,11-13,15-16,18-20,22H,1,9-10H2,2-7H3/b14-11+/t12-,13+,15-,16-,18-,19-,20+/m0/s1. The third-order valence-corrected chi connectivity index (χ3v) is 5.31. The topological polar surface area (TPSA) is 55.8 Å². The summed E-state index contributed by atoms with van der Waals surface area (Å²) in [5.74, 6) is 0.286. The zero-order chi connectivity index (χ0) is 18.4. The Hall–Kier alpha value is -1.13. The number of rotatable bonds is 8. The van der Waals surface area contributed by atoms with Crippen molar-refractivity contribution in [1.29, 1.82) is 0 Å². The van der Waals surface area contributed by atoms with Crippen LogP contribution in [0, 0.1) is 23.7 Å². The highest BCUT2D eigenvalue weighted by molar-refractivity contribution is 5.70. The third-order valence-electron chi connectivity index (χ3n) is 5.31. The molecule has 1 fully saturated rings. The molecule has 0 aliphatic carbocycles. The summed E-state index contributed by atoms with van der Waals surface area (Å²) in [4.78, 5) is 11.6. The molecule has 4 heteroatoms. The Balaban J connectivity index is 2.86. The van der Waals surface area contributed by atoms with Crippen LogP contribution in [0.4, 0.5) is 0 Å². The van der Waals surface area contributed by atoms with Gasteiger partial charge in [0.15, 0.2) is 0 Å². The van der Waals surface area contributed by atoms with E-state index in [0.29, 0.717) is 12.3 Å². The maximum absolute atomic E-state index is 11.6. The summed E-state index contributed by atoms with van der Waals surface area (Å²) in [6.45, 7) is 13.9. The molecule has 1 N–H and O–H groups in total. The molecular weight excluding hydrogens is 304 g/mol. The Morgan fingerprint density at radius 1 is 1.38 bits per heavy atom. The molecule has 0 bridgehead atoms. The van der Waals surface area contributed by atoms with Crippen LogP contribution in [0.5, 0.6) is 0 Å². The van der Waals surface area contributed by atoms with Crippen molar-refractivity contribution in [3.8, 4) is 0 Å². The lowest BCUT2D eigenvalue weighted by Gasteiger charge is -2.34. The maximum Gasteiger partial charge on any atom is 0.306 e. The van der Waals surface area contributed by atoms with Crippen LogP contribution in [-0.2, 0) is 14.3 Å². The predicted octanol–water partition coefficient (Wildman–Crippen LogP) is 3.74. The summed E-state index contributed by atoms with van der Waals surface area (Å²) >= 11 is 0. The minimum absolute atomic E-state index is 0.00856. The molecule has 0 unspecified atom stereocenters. The van der Waals surface area contributed by atoms with E-state index in [9.17, 15) is 9.90 Å². The van der Waals surface area contributed by atoms with Gasteiger partial charge in [-0.3, -0.25) is 4.79 Å². The van der Waals surface area contributed by atoms with Crippen LogP contribution in [0.3, 0.4) is 0 Å². The van der Waals surface area contributed by atoms with Gasteiger partial charge < -0.3 is 14.6 Å². The largest absolute Gasteiger partial charge is 0.458 e. The summed E-state index contributed by atoms with van der Waals surface area (Å²) in [7, 11) is 1.68. The number of methoxy groups -OCH3 is 1. The Kier molecular flexibility index (Phi) is 8.17. The van der Waals surface area contributed by atoms with E-state index in [1.54, 1.807) is 13.2 Å². The molecule has 1 saturated heterocycles. The number of cyclic esters (lactones) is 1. The van der Waals surface area contributed by atoms with Gasteiger partial charge in [-0.05, 0) is 24.8 Å². The quantitative estimate of drug-likeness (QED) is 0.541. The number of hydrogen-bond donors (Lipinski definition) is 1. The number of esters is 1. The fourth-order valence-corrected chi connectivity index (χ4v) is 3.68. The number of aliphatic hydroxyl groups excluding tert-OH is 1. The zero-order valence-corrected chi connectivity index (χ0v) is 16.0. The molecule has 0 amide bonds. The monoisotopic (exact) mass is 338 g/mol. The van der Waals surface area contributed by atoms with Crippen LogP contribution in [0.15, 0.2) is 24.3 Å². The van der Waals surface area contributed by atoms with Gasteiger partial charge in [-0.15, -0.1) is 6.58 Å². The van der Waals surface area contributed by atoms with E-state index >= 15 is 0 Å². The van der Waals surface area contributed by atoms with Crippen LogP contribution < -0.4 is 0 Å². The molecule has 1 rings (SSSR count). The van der Waals surface area contributed by atoms with Crippen molar-refractivity contribution in [1.82, 2.24) is 0 Å². The van der Waals surface area contributed by atoms with Gasteiger partial charge in [0.2, 0.25) is 0 Å². The van der Waals surface area contributed by atoms with Crippen LogP contribution in [-0.4, -0.2) is 36.5 Å². The number of carbonyl (C=O) groups excluding carboxylic acids is 1. The molecule has 4 nitrogen and oxygen atoms in total. The normalized spacial score (nSPS) is 28.5. The zero-order valence-electron chi connectivity index (χ0n) is 16.0. The third kappa shape index (κ3) is 5.18. The van der Waals surface area contributed by atoms with E-state index in [2.05, 4.69) is 26.5 Å². The average Bonchev–Trinajstić information content (AvgIpc) is 2.55. The van der Waals surface area contributed by atoms with E-state index in [0.717, 1.165) is 12.0 Å². The van der Waals surface area contributed by atoms with E-state index < -0.39 is 6.10 Å². The Morgan fingerprint density at radius 2 is 2.00 bits per heavy atom. The van der Waals surface area contributed by atoms with Crippen molar-refractivity contribution >= 4 is 5.97 Å². The number of ether oxygens (including phenoxy) is 2. The van der Waals surface area contributed by atoms with Crippen molar-refractivity contribution in [2.75, 3.05) is 7.11 Å². The van der Waals surface area contributed by atoms with Gasteiger partial charge in [-0.1, -0.05) is 39.8 Å². The first kappa shape index (κ1) is 20.9. The van der Waals surface area contributed by atoms with Crippen LogP contribution in [0.1, 0.15) is 47.5 Å². The minimum atomic E-state index is -0.505. The molecule has 1 aliphatic rings. The fraction of sp³-hybridized carbons (Fsp3) is 0.750. The van der Waals surface area contributed by atoms with Crippen LogP contribution in [0.25, 0.3) is 0 Å². The van der Waals surface area contributed by atoms with Gasteiger partial charge in [0.1, 0.15) is 6.10 Å². The Morgan fingerprint density at radius 3 is 2.54 bits per heavy atom. The summed E-state index contributed by atoms with van der Waals surface area (Å²) in [5.41, 5.74) is 1.06. The summed E-state index contributed by atoms with van der Waals surface area (Å²) in [5, 5.41) is 10.5. The van der Waals surface area contributed by atoms with Crippen molar-refractivity contribution in [3.05, 3.63) is 24.3 Å². The molecule has 1 heterocycles. The maximum atomic E-state index is 11.6. The molecule has 0 aromatic rings. The first-order valence-corrected chi connectivity index (χ1v) is 8.94. The van der Waals surface area contributed by atoms with Crippen LogP contribution >= 0.6 is 0 Å². The summed E-state index contributed by atoms with van der Waals surface area (Å²) in [6.07, 6.45) is 4.48. The minimum Gasteiger partial charge on any atom is -0.458 e. The van der Waals surface area contributed by atoms with Gasteiger partial charge in [0.25, 0.3) is 0 Å². The van der Waals surface area contributed by atoms with E-state index in [-0.39, 0.29) is 35.9 Å². The summed E-state index contributed by atoms with van der Waals surface area (Å²) < 4.78 is 11.2. The number of aliphatic hydroxyl groups is 1. The average molecular weight is 338 g/mol. The molecule has 7 atom stereocenters. The first-order valence-electron chi connectivity index (χ1n) is 8.94. The first-order chi connectivity index (χ1) is 11.2. The van der Waals surface area contributed by atoms with Gasteiger partial charge in [-0.25, -0.2) is 0 Å². The highest BCUT2D eigenvalue weighted by Gasteiger charge is 2.32. The molecule has 1 aliphatic heterocycles. The second kappa shape index (κ2) is 9.38. The summed E-state index contributed by atoms with van der Waals surface area (Å²) in [6, 6.07) is 0. The van der Waals surface area contributed by atoms with Gasteiger partial charge in [0, 0.05) is 31.3 Å². The van der Waals surface area contributed by atoms with E-state index in [1.807, 2.05) is 20.8 Å². The highest BCUT2D eigenvalue weighted by atomic mass is 16.5. The molecule has 0 saturated carbocycles. The van der Waals surface area contributed by atoms with Crippen molar-refractivity contribution in [3.63, 3.8) is 0 Å². The van der Waals surface area contributed by atoms with Gasteiger partial charge in [0.05, 0.1) is 12.2 Å².